The molecule has 0 saturated heterocycles. The van der Waals surface area contributed by atoms with Crippen molar-refractivity contribution in [1.29, 1.82) is 0 Å². The fourth-order valence-corrected chi connectivity index (χ4v) is 2.21. The molecule has 0 unspecified atom stereocenters. The van der Waals surface area contributed by atoms with E-state index in [2.05, 4.69) is 10.4 Å². The Morgan fingerprint density at radius 1 is 1.27 bits per heavy atom. The summed E-state index contributed by atoms with van der Waals surface area (Å²) < 4.78 is 41.3. The Hall–Kier alpha value is -2.84. The van der Waals surface area contributed by atoms with E-state index in [1.165, 1.54) is 26.0 Å². The van der Waals surface area contributed by atoms with Crippen LogP contribution in [0.25, 0.3) is 5.69 Å². The Labute approximate surface area is 147 Å². The second-order valence-electron chi connectivity index (χ2n) is 6.53. The number of hydrogen-bond acceptors (Lipinski definition) is 3. The summed E-state index contributed by atoms with van der Waals surface area (Å²) >= 11 is 0. The monoisotopic (exact) mass is 369 g/mol. The number of halogens is 3. The molecule has 26 heavy (non-hydrogen) atoms. The standard InChI is InChI=1S/C17H18F3N3O3/c1-10-5-4-6-11(7-10)23-13(17(18,19)20)12(8-22-23)14(24)21-9-16(2,3)15(25)26/h4-8H,9H2,1-3H3,(H,21,24)(H,25,26). The topological polar surface area (TPSA) is 84.2 Å². The van der Waals surface area contributed by atoms with Crippen molar-refractivity contribution in [3.05, 3.63) is 47.3 Å². The molecule has 0 atom stereocenters. The molecule has 1 aromatic heterocycles. The number of carboxylic acids is 1. The molecule has 1 amide bonds. The zero-order valence-corrected chi connectivity index (χ0v) is 14.4. The van der Waals surface area contributed by atoms with Crippen molar-refractivity contribution in [2.24, 2.45) is 5.41 Å². The van der Waals surface area contributed by atoms with E-state index in [-0.39, 0.29) is 12.2 Å². The van der Waals surface area contributed by atoms with Gasteiger partial charge in [-0.15, -0.1) is 0 Å². The third-order valence-electron chi connectivity index (χ3n) is 3.80. The molecule has 0 bridgehead atoms. The highest BCUT2D eigenvalue weighted by Gasteiger charge is 2.41. The SMILES string of the molecule is Cc1cccc(-n2ncc(C(=O)NCC(C)(C)C(=O)O)c2C(F)(F)F)c1. The van der Waals surface area contributed by atoms with Crippen LogP contribution in [-0.2, 0) is 11.0 Å². The number of carbonyl (C=O) groups excluding carboxylic acids is 1. The van der Waals surface area contributed by atoms with E-state index in [4.69, 9.17) is 5.11 Å². The van der Waals surface area contributed by atoms with Crippen LogP contribution < -0.4 is 5.32 Å². The van der Waals surface area contributed by atoms with Crippen LogP contribution in [0.5, 0.6) is 0 Å². The number of amides is 1. The summed E-state index contributed by atoms with van der Waals surface area (Å²) in [6.45, 7) is 4.11. The minimum Gasteiger partial charge on any atom is -0.481 e. The number of nitrogens with zero attached hydrogens (tertiary/aromatic N) is 2. The molecule has 2 rings (SSSR count). The number of aliphatic carboxylic acids is 1. The van der Waals surface area contributed by atoms with Gasteiger partial charge in [-0.1, -0.05) is 12.1 Å². The van der Waals surface area contributed by atoms with Gasteiger partial charge < -0.3 is 10.4 Å². The molecule has 0 fully saturated rings. The molecule has 140 valence electrons. The van der Waals surface area contributed by atoms with Gasteiger partial charge in [0.05, 0.1) is 22.9 Å². The van der Waals surface area contributed by atoms with Crippen LogP contribution in [0.4, 0.5) is 13.2 Å². The summed E-state index contributed by atoms with van der Waals surface area (Å²) in [4.78, 5) is 23.3. The zero-order chi connectivity index (χ0) is 19.7. The van der Waals surface area contributed by atoms with Gasteiger partial charge in [-0.25, -0.2) is 4.68 Å². The van der Waals surface area contributed by atoms with Crippen molar-refractivity contribution in [3.63, 3.8) is 0 Å². The number of alkyl halides is 3. The molecule has 0 aliphatic rings. The number of carboxylic acid groups (broad SMARTS) is 1. The van der Waals surface area contributed by atoms with Crippen molar-refractivity contribution in [3.8, 4) is 5.69 Å². The molecule has 2 aromatic rings. The fourth-order valence-electron chi connectivity index (χ4n) is 2.21. The van der Waals surface area contributed by atoms with Crippen molar-refractivity contribution < 1.29 is 27.9 Å². The Morgan fingerprint density at radius 2 is 1.92 bits per heavy atom. The Morgan fingerprint density at radius 3 is 2.46 bits per heavy atom. The number of benzene rings is 1. The minimum atomic E-state index is -4.82. The number of aryl methyl sites for hydroxylation is 1. The summed E-state index contributed by atoms with van der Waals surface area (Å²) in [5.74, 6) is -2.21. The normalized spacial score (nSPS) is 12.1. The first kappa shape index (κ1) is 19.5. The maximum atomic E-state index is 13.6. The van der Waals surface area contributed by atoms with Crippen molar-refractivity contribution in [2.45, 2.75) is 26.9 Å². The van der Waals surface area contributed by atoms with Crippen LogP contribution in [-0.4, -0.2) is 33.3 Å². The maximum Gasteiger partial charge on any atom is 0.434 e. The molecule has 0 radical (unpaired) electrons. The highest BCUT2D eigenvalue weighted by atomic mass is 19.4. The molecular weight excluding hydrogens is 351 g/mol. The Bertz CT molecular complexity index is 841. The molecule has 2 N–H and O–H groups in total. The molecule has 6 nitrogen and oxygen atoms in total. The first-order chi connectivity index (χ1) is 11.9. The van der Waals surface area contributed by atoms with Gasteiger partial charge >= 0.3 is 12.1 Å². The average Bonchev–Trinajstić information content (AvgIpc) is 2.98. The molecule has 9 heteroatoms. The van der Waals surface area contributed by atoms with Gasteiger partial charge in [-0.05, 0) is 38.5 Å². The van der Waals surface area contributed by atoms with Gasteiger partial charge in [-0.2, -0.15) is 18.3 Å². The van der Waals surface area contributed by atoms with E-state index in [1.807, 2.05) is 0 Å². The van der Waals surface area contributed by atoms with E-state index in [0.29, 0.717) is 4.68 Å². The number of rotatable bonds is 5. The van der Waals surface area contributed by atoms with Crippen LogP contribution in [0.1, 0.15) is 35.5 Å². The van der Waals surface area contributed by atoms with E-state index < -0.39 is 34.7 Å². The number of hydrogen-bond donors (Lipinski definition) is 2. The second kappa shape index (κ2) is 6.81. The molecule has 1 aromatic carbocycles. The van der Waals surface area contributed by atoms with E-state index in [9.17, 15) is 22.8 Å². The molecule has 0 aliphatic heterocycles. The summed E-state index contributed by atoms with van der Waals surface area (Å²) in [5.41, 5.74) is -2.29. The summed E-state index contributed by atoms with van der Waals surface area (Å²) in [6, 6.07) is 6.27. The molecule has 0 saturated carbocycles. The van der Waals surface area contributed by atoms with Gasteiger partial charge in [-0.3, -0.25) is 9.59 Å². The lowest BCUT2D eigenvalue weighted by Gasteiger charge is -2.19. The van der Waals surface area contributed by atoms with E-state index in [1.54, 1.807) is 19.1 Å². The highest BCUT2D eigenvalue weighted by molar-refractivity contribution is 5.95. The van der Waals surface area contributed by atoms with Crippen molar-refractivity contribution >= 4 is 11.9 Å². The largest absolute Gasteiger partial charge is 0.481 e. The molecule has 1 heterocycles. The first-order valence-corrected chi connectivity index (χ1v) is 7.67. The van der Waals surface area contributed by atoms with E-state index in [0.717, 1.165) is 11.8 Å². The Balaban J connectivity index is 2.41. The van der Waals surface area contributed by atoms with Crippen LogP contribution in [0.2, 0.25) is 0 Å². The van der Waals surface area contributed by atoms with Crippen LogP contribution in [0.15, 0.2) is 30.5 Å². The van der Waals surface area contributed by atoms with E-state index >= 15 is 0 Å². The zero-order valence-electron chi connectivity index (χ0n) is 14.4. The molecule has 0 aliphatic carbocycles. The maximum absolute atomic E-state index is 13.6. The Kier molecular flexibility index (Phi) is 5.11. The second-order valence-corrected chi connectivity index (χ2v) is 6.53. The average molecular weight is 369 g/mol. The lowest BCUT2D eigenvalue weighted by Crippen LogP contribution is -2.39. The smallest absolute Gasteiger partial charge is 0.434 e. The third kappa shape index (κ3) is 4.04. The van der Waals surface area contributed by atoms with Gasteiger partial charge in [0.15, 0.2) is 5.69 Å². The minimum absolute atomic E-state index is 0.169. The first-order valence-electron chi connectivity index (χ1n) is 7.67. The van der Waals surface area contributed by atoms with Gasteiger partial charge in [0.25, 0.3) is 5.91 Å². The summed E-state index contributed by atoms with van der Waals surface area (Å²) in [7, 11) is 0. The summed E-state index contributed by atoms with van der Waals surface area (Å²) in [6.07, 6.45) is -4.00. The van der Waals surface area contributed by atoms with Crippen LogP contribution >= 0.6 is 0 Å². The highest BCUT2D eigenvalue weighted by Crippen LogP contribution is 2.33. The van der Waals surface area contributed by atoms with Crippen molar-refractivity contribution in [2.75, 3.05) is 6.54 Å². The van der Waals surface area contributed by atoms with Crippen LogP contribution in [0, 0.1) is 12.3 Å². The lowest BCUT2D eigenvalue weighted by molar-refractivity contribution is -0.146. The predicted octanol–water partition coefficient (Wildman–Crippen LogP) is 3.04. The number of carbonyl (C=O) groups is 2. The predicted molar refractivity (Wildman–Crippen MR) is 87.1 cm³/mol. The van der Waals surface area contributed by atoms with Gasteiger partial charge in [0, 0.05) is 6.54 Å². The van der Waals surface area contributed by atoms with Crippen molar-refractivity contribution in [1.82, 2.24) is 15.1 Å². The number of aromatic nitrogens is 2. The molecular formula is C17H18F3N3O3. The summed E-state index contributed by atoms with van der Waals surface area (Å²) in [5, 5.41) is 15.0. The lowest BCUT2D eigenvalue weighted by atomic mass is 9.94. The molecule has 0 spiro atoms. The van der Waals surface area contributed by atoms with Crippen LogP contribution in [0.3, 0.4) is 0 Å². The number of nitrogens with one attached hydrogen (secondary N) is 1. The quantitative estimate of drug-likeness (QED) is 0.849. The fraction of sp³-hybridized carbons (Fsp3) is 0.353. The van der Waals surface area contributed by atoms with Gasteiger partial charge in [0.2, 0.25) is 0 Å². The third-order valence-corrected chi connectivity index (χ3v) is 3.80. The van der Waals surface area contributed by atoms with Gasteiger partial charge in [0.1, 0.15) is 0 Å².